The molecule has 0 spiro atoms. The number of aliphatic hydroxyl groups is 5. The fraction of sp³-hybridized carbons (Fsp3) is 0.875. The summed E-state index contributed by atoms with van der Waals surface area (Å²) in [5, 5.41) is 55.1. The van der Waals surface area contributed by atoms with Crippen molar-refractivity contribution in [1.29, 1.82) is 0 Å². The van der Waals surface area contributed by atoms with Crippen molar-refractivity contribution in [2.24, 2.45) is 0 Å². The van der Waals surface area contributed by atoms with Gasteiger partial charge in [-0.2, -0.15) is 0 Å². The van der Waals surface area contributed by atoms with E-state index in [1.54, 1.807) is 0 Å². The van der Waals surface area contributed by atoms with Crippen molar-refractivity contribution < 1.29 is 49.3 Å². The van der Waals surface area contributed by atoms with Crippen molar-refractivity contribution in [2.45, 2.75) is 82.1 Å². The highest BCUT2D eigenvalue weighted by molar-refractivity contribution is 5.73. The van der Waals surface area contributed by atoms with Gasteiger partial charge in [-0.15, -0.1) is 0 Å². The first kappa shape index (κ1) is 22.9. The van der Waals surface area contributed by atoms with Gasteiger partial charge in [-0.1, -0.05) is 0 Å². The summed E-state index contributed by atoms with van der Waals surface area (Å²) in [6.07, 6.45) is -10.6. The lowest BCUT2D eigenvalue weighted by atomic mass is 9.94. The number of ether oxygens (including phenoxy) is 3. The topological polar surface area (TPSA) is 187 Å². The molecule has 28 heavy (non-hydrogen) atoms. The molecule has 0 aromatic rings. The zero-order valence-corrected chi connectivity index (χ0v) is 15.8. The van der Waals surface area contributed by atoms with Crippen molar-refractivity contribution in [3.05, 3.63) is 0 Å². The van der Waals surface area contributed by atoms with E-state index in [4.69, 9.17) is 14.2 Å². The monoisotopic (exact) mass is 408 g/mol. The predicted molar refractivity (Wildman–Crippen MR) is 90.4 cm³/mol. The maximum Gasteiger partial charge on any atom is 0.217 e. The van der Waals surface area contributed by atoms with E-state index >= 15 is 0 Å². The van der Waals surface area contributed by atoms with Gasteiger partial charge in [-0.25, -0.2) is 0 Å². The van der Waals surface area contributed by atoms with Crippen LogP contribution >= 0.6 is 0 Å². The standard InChI is InChI=1S/C16H28N2O10/c1-5-11(22)13(24)9(17-6(2)20)16(26-5)28-14-10(18-7(3)21)15(25)27-8(4-19)12(14)23/h5,8-16,19,22-25H,4H2,1-3H3,(H,17,20)(H,18,21)/t5-,8+,9-,10+,11+,12+,13-,14+,15-,16-/m0/s1. The third-order valence-electron chi connectivity index (χ3n) is 4.74. The summed E-state index contributed by atoms with van der Waals surface area (Å²) in [6, 6.07) is -2.42. The van der Waals surface area contributed by atoms with Crippen molar-refractivity contribution >= 4 is 11.8 Å². The van der Waals surface area contributed by atoms with Crippen LogP contribution in [0.4, 0.5) is 0 Å². The predicted octanol–water partition coefficient (Wildman–Crippen LogP) is -4.08. The van der Waals surface area contributed by atoms with Crippen molar-refractivity contribution in [1.82, 2.24) is 10.6 Å². The largest absolute Gasteiger partial charge is 0.394 e. The molecule has 2 rings (SSSR count). The minimum Gasteiger partial charge on any atom is -0.394 e. The number of amides is 2. The van der Waals surface area contributed by atoms with E-state index in [1.807, 2.05) is 0 Å². The Kier molecular flexibility index (Phi) is 7.70. The van der Waals surface area contributed by atoms with Crippen molar-refractivity contribution in [3.63, 3.8) is 0 Å². The zero-order valence-electron chi connectivity index (χ0n) is 15.8. The molecule has 162 valence electrons. The number of rotatable bonds is 5. The highest BCUT2D eigenvalue weighted by atomic mass is 16.7. The first-order chi connectivity index (χ1) is 13.1. The van der Waals surface area contributed by atoms with Crippen LogP contribution < -0.4 is 10.6 Å². The Labute approximate surface area is 161 Å². The second kappa shape index (κ2) is 9.41. The summed E-state index contributed by atoms with van der Waals surface area (Å²) in [7, 11) is 0. The average molecular weight is 408 g/mol. The highest BCUT2D eigenvalue weighted by Crippen LogP contribution is 2.28. The van der Waals surface area contributed by atoms with Crippen LogP contribution in [0.3, 0.4) is 0 Å². The van der Waals surface area contributed by atoms with E-state index in [2.05, 4.69) is 10.6 Å². The molecule has 0 aliphatic carbocycles. The Balaban J connectivity index is 2.29. The smallest absolute Gasteiger partial charge is 0.217 e. The molecular formula is C16H28N2O10. The van der Waals surface area contributed by atoms with Gasteiger partial charge in [-0.3, -0.25) is 9.59 Å². The molecule has 12 nitrogen and oxygen atoms in total. The summed E-state index contributed by atoms with van der Waals surface area (Å²) < 4.78 is 16.4. The van der Waals surface area contributed by atoms with E-state index < -0.39 is 79.7 Å². The Morgan fingerprint density at radius 1 is 0.929 bits per heavy atom. The molecule has 0 bridgehead atoms. The number of hydrogen-bond donors (Lipinski definition) is 7. The zero-order chi connectivity index (χ0) is 21.2. The van der Waals surface area contributed by atoms with Crippen LogP contribution in [-0.4, -0.2) is 105 Å². The molecule has 2 aliphatic heterocycles. The molecular weight excluding hydrogens is 380 g/mol. The van der Waals surface area contributed by atoms with Crippen LogP contribution in [0.15, 0.2) is 0 Å². The van der Waals surface area contributed by atoms with Gasteiger partial charge in [0, 0.05) is 13.8 Å². The molecule has 2 aliphatic rings. The van der Waals surface area contributed by atoms with Gasteiger partial charge in [0.15, 0.2) is 12.6 Å². The molecule has 0 saturated carbocycles. The summed E-state index contributed by atoms with van der Waals surface area (Å²) in [5.41, 5.74) is 0. The second-order valence-electron chi connectivity index (χ2n) is 6.98. The van der Waals surface area contributed by atoms with Crippen LogP contribution in [0.2, 0.25) is 0 Å². The molecule has 0 aromatic carbocycles. The minimum absolute atomic E-state index is 0.526. The quantitative estimate of drug-likeness (QED) is 0.236. The van der Waals surface area contributed by atoms with Crippen molar-refractivity contribution in [2.75, 3.05) is 6.61 Å². The van der Waals surface area contributed by atoms with Crippen LogP contribution in [0, 0.1) is 0 Å². The summed E-state index contributed by atoms with van der Waals surface area (Å²) in [5.74, 6) is -1.06. The van der Waals surface area contributed by atoms with Crippen LogP contribution in [0.25, 0.3) is 0 Å². The number of hydrogen-bond acceptors (Lipinski definition) is 10. The Morgan fingerprint density at radius 2 is 1.50 bits per heavy atom. The number of carbonyl (C=O) groups is 2. The molecule has 0 aromatic heterocycles. The molecule has 10 atom stereocenters. The maximum absolute atomic E-state index is 11.5. The number of nitrogens with one attached hydrogen (secondary N) is 2. The SMILES string of the molecule is CC(=O)N[C@@H]1[C@H](O[C@H]2[C@H](O)[C@@H](CO)O[C@H](O)[C@@H]2NC(C)=O)O[C@@H](C)[C@@H](O)[C@H]1O. The third kappa shape index (κ3) is 4.96. The van der Waals surface area contributed by atoms with E-state index in [0.717, 1.165) is 0 Å². The van der Waals surface area contributed by atoms with E-state index in [0.29, 0.717) is 0 Å². The summed E-state index contributed by atoms with van der Waals surface area (Å²) in [4.78, 5) is 23.0. The van der Waals surface area contributed by atoms with E-state index in [9.17, 15) is 35.1 Å². The molecule has 12 heteroatoms. The Morgan fingerprint density at radius 3 is 2.04 bits per heavy atom. The molecule has 2 heterocycles. The van der Waals surface area contributed by atoms with Crippen LogP contribution in [0.1, 0.15) is 20.8 Å². The van der Waals surface area contributed by atoms with E-state index in [1.165, 1.54) is 20.8 Å². The molecule has 0 unspecified atom stereocenters. The minimum atomic E-state index is -1.61. The molecule has 2 saturated heterocycles. The molecule has 7 N–H and O–H groups in total. The molecule has 2 fully saturated rings. The first-order valence-corrected chi connectivity index (χ1v) is 8.90. The number of aliphatic hydroxyl groups excluding tert-OH is 5. The second-order valence-corrected chi connectivity index (χ2v) is 6.98. The fourth-order valence-electron chi connectivity index (χ4n) is 3.32. The lowest BCUT2D eigenvalue weighted by molar-refractivity contribution is -0.319. The van der Waals surface area contributed by atoms with Gasteiger partial charge >= 0.3 is 0 Å². The van der Waals surface area contributed by atoms with E-state index in [-0.39, 0.29) is 0 Å². The van der Waals surface area contributed by atoms with Crippen LogP contribution in [0.5, 0.6) is 0 Å². The Hall–Kier alpha value is -1.38. The van der Waals surface area contributed by atoms with Gasteiger partial charge in [0.2, 0.25) is 11.8 Å². The Bertz CT molecular complexity index is 550. The number of carbonyl (C=O) groups excluding carboxylic acids is 2. The average Bonchev–Trinajstić information content (AvgIpc) is 2.61. The van der Waals surface area contributed by atoms with Gasteiger partial charge < -0.3 is 50.4 Å². The highest BCUT2D eigenvalue weighted by Gasteiger charge is 2.50. The van der Waals surface area contributed by atoms with Crippen molar-refractivity contribution in [3.8, 4) is 0 Å². The van der Waals surface area contributed by atoms with Gasteiger partial charge in [-0.05, 0) is 6.92 Å². The normalized spacial score (nSPS) is 44.0. The molecule has 0 radical (unpaired) electrons. The van der Waals surface area contributed by atoms with Gasteiger partial charge in [0.25, 0.3) is 0 Å². The van der Waals surface area contributed by atoms with Crippen LogP contribution in [-0.2, 0) is 23.8 Å². The van der Waals surface area contributed by atoms with Gasteiger partial charge in [0.1, 0.15) is 42.6 Å². The summed E-state index contributed by atoms with van der Waals surface area (Å²) >= 11 is 0. The third-order valence-corrected chi connectivity index (χ3v) is 4.74. The maximum atomic E-state index is 11.5. The lowest BCUT2D eigenvalue weighted by Gasteiger charge is -2.47. The molecule has 2 amide bonds. The lowest BCUT2D eigenvalue weighted by Crippen LogP contribution is -2.69. The van der Waals surface area contributed by atoms with Gasteiger partial charge in [0.05, 0.1) is 12.7 Å². The summed E-state index contributed by atoms with van der Waals surface area (Å²) in [6.45, 7) is 3.23. The first-order valence-electron chi connectivity index (χ1n) is 8.90. The fourth-order valence-corrected chi connectivity index (χ4v) is 3.32.